The van der Waals surface area contributed by atoms with Gasteiger partial charge in [-0.2, -0.15) is 0 Å². The topological polar surface area (TPSA) is 55.1 Å². The summed E-state index contributed by atoms with van der Waals surface area (Å²) < 4.78 is 29.4. The largest absolute Gasteiger partial charge is 0.333 e. The Balaban J connectivity index is 2.03. The van der Waals surface area contributed by atoms with Gasteiger partial charge in [-0.1, -0.05) is 30.4 Å². The molecule has 3 aromatic rings. The Kier molecular flexibility index (Phi) is 4.88. The van der Waals surface area contributed by atoms with Crippen molar-refractivity contribution in [3.05, 3.63) is 78.6 Å². The fraction of sp³-hybridized carbons (Fsp3) is 0.105. The van der Waals surface area contributed by atoms with Gasteiger partial charge in [-0.3, -0.25) is 4.98 Å². The minimum atomic E-state index is -0.808. The Morgan fingerprint density at radius 2 is 1.96 bits per heavy atom. The SMILES string of the molecule is C=C(/C=C\C=C(C)C)c1nc(Nc2c(F)cncc2F)c2cccn2n1. The van der Waals surface area contributed by atoms with Crippen LogP contribution in [0.2, 0.25) is 0 Å². The van der Waals surface area contributed by atoms with E-state index in [-0.39, 0.29) is 11.5 Å². The zero-order valence-electron chi connectivity index (χ0n) is 14.4. The first kappa shape index (κ1) is 17.5. The Labute approximate surface area is 149 Å². The smallest absolute Gasteiger partial charge is 0.181 e. The third-order valence-electron chi connectivity index (χ3n) is 3.50. The molecule has 0 aromatic carbocycles. The molecule has 7 heteroatoms. The van der Waals surface area contributed by atoms with Crippen molar-refractivity contribution in [2.24, 2.45) is 0 Å². The van der Waals surface area contributed by atoms with Crippen molar-refractivity contribution in [1.29, 1.82) is 0 Å². The predicted octanol–water partition coefficient (Wildman–Crippen LogP) is 4.68. The summed E-state index contributed by atoms with van der Waals surface area (Å²) in [5, 5.41) is 7.07. The maximum Gasteiger partial charge on any atom is 0.181 e. The van der Waals surface area contributed by atoms with E-state index in [2.05, 4.69) is 27.0 Å². The molecule has 0 amide bonds. The third kappa shape index (κ3) is 3.66. The lowest BCUT2D eigenvalue weighted by Crippen LogP contribution is -2.07. The van der Waals surface area contributed by atoms with Gasteiger partial charge in [-0.05, 0) is 26.0 Å². The average molecular weight is 353 g/mol. The highest BCUT2D eigenvalue weighted by molar-refractivity contribution is 5.76. The van der Waals surface area contributed by atoms with Crippen LogP contribution in [0.25, 0.3) is 11.1 Å². The number of halogens is 2. The van der Waals surface area contributed by atoms with Gasteiger partial charge in [0.05, 0.1) is 12.4 Å². The first-order valence-electron chi connectivity index (χ1n) is 7.88. The van der Waals surface area contributed by atoms with Gasteiger partial charge in [0.15, 0.2) is 23.3 Å². The monoisotopic (exact) mass is 353 g/mol. The number of allylic oxidation sites excluding steroid dienone is 5. The third-order valence-corrected chi connectivity index (χ3v) is 3.50. The highest BCUT2D eigenvalue weighted by atomic mass is 19.1. The number of hydrogen-bond donors (Lipinski definition) is 1. The molecular formula is C19H17F2N5. The van der Waals surface area contributed by atoms with E-state index in [4.69, 9.17) is 0 Å². The molecule has 5 nitrogen and oxygen atoms in total. The van der Waals surface area contributed by atoms with E-state index in [0.717, 1.165) is 18.0 Å². The molecule has 0 atom stereocenters. The lowest BCUT2D eigenvalue weighted by atomic mass is 10.2. The standard InChI is InChI=1S/C19H17F2N5/c1-12(2)6-4-7-13(3)18-24-19(16-8-5-9-26(16)25-18)23-17-14(20)10-22-11-15(17)21/h4-11H,3H2,1-2H3,(H,22,23,24,25)/b7-4-. The normalized spacial score (nSPS) is 11.1. The fourth-order valence-electron chi connectivity index (χ4n) is 2.24. The molecule has 0 radical (unpaired) electrons. The van der Waals surface area contributed by atoms with Crippen molar-refractivity contribution in [3.8, 4) is 0 Å². The zero-order valence-corrected chi connectivity index (χ0v) is 14.4. The molecular weight excluding hydrogens is 336 g/mol. The molecule has 3 heterocycles. The molecule has 0 bridgehead atoms. The van der Waals surface area contributed by atoms with Crippen LogP contribution in [0.5, 0.6) is 0 Å². The van der Waals surface area contributed by atoms with E-state index in [1.165, 1.54) is 0 Å². The lowest BCUT2D eigenvalue weighted by Gasteiger charge is -2.11. The van der Waals surface area contributed by atoms with Crippen molar-refractivity contribution in [1.82, 2.24) is 19.6 Å². The lowest BCUT2D eigenvalue weighted by molar-refractivity contribution is 0.580. The van der Waals surface area contributed by atoms with Gasteiger partial charge in [0.25, 0.3) is 0 Å². The summed E-state index contributed by atoms with van der Waals surface area (Å²) in [5.74, 6) is -1.01. The Morgan fingerprint density at radius 3 is 2.65 bits per heavy atom. The molecule has 0 fully saturated rings. The number of aromatic nitrogens is 4. The quantitative estimate of drug-likeness (QED) is 0.677. The number of anilines is 2. The summed E-state index contributed by atoms with van der Waals surface area (Å²) in [5.41, 5.74) is 1.96. The molecule has 1 N–H and O–H groups in total. The van der Waals surface area contributed by atoms with Crippen molar-refractivity contribution in [2.45, 2.75) is 13.8 Å². The molecule has 3 rings (SSSR count). The molecule has 132 valence electrons. The first-order valence-corrected chi connectivity index (χ1v) is 7.88. The molecule has 0 aliphatic carbocycles. The first-order chi connectivity index (χ1) is 12.5. The van der Waals surface area contributed by atoms with Gasteiger partial charge in [-0.15, -0.1) is 5.10 Å². The molecule has 0 saturated heterocycles. The second-order valence-electron chi connectivity index (χ2n) is 5.85. The van der Waals surface area contributed by atoms with Crippen molar-refractivity contribution in [2.75, 3.05) is 5.32 Å². The number of fused-ring (bicyclic) bond motifs is 1. The van der Waals surface area contributed by atoms with Crippen LogP contribution in [0.15, 0.2) is 61.1 Å². The van der Waals surface area contributed by atoms with E-state index >= 15 is 0 Å². The molecule has 0 aliphatic rings. The average Bonchev–Trinajstić information content (AvgIpc) is 3.06. The van der Waals surface area contributed by atoms with Crippen LogP contribution < -0.4 is 5.32 Å². The molecule has 3 aromatic heterocycles. The number of hydrogen-bond acceptors (Lipinski definition) is 4. The second-order valence-corrected chi connectivity index (χ2v) is 5.85. The van der Waals surface area contributed by atoms with Crippen LogP contribution in [0.4, 0.5) is 20.3 Å². The van der Waals surface area contributed by atoms with Crippen LogP contribution in [0.1, 0.15) is 19.7 Å². The van der Waals surface area contributed by atoms with E-state index < -0.39 is 11.6 Å². The Hall–Kier alpha value is -3.35. The van der Waals surface area contributed by atoms with E-state index in [1.807, 2.05) is 26.0 Å². The van der Waals surface area contributed by atoms with Crippen LogP contribution >= 0.6 is 0 Å². The van der Waals surface area contributed by atoms with E-state index in [0.29, 0.717) is 16.9 Å². The summed E-state index contributed by atoms with van der Waals surface area (Å²) in [6.45, 7) is 7.92. The molecule has 0 spiro atoms. The van der Waals surface area contributed by atoms with Crippen molar-refractivity contribution < 1.29 is 8.78 Å². The fourth-order valence-corrected chi connectivity index (χ4v) is 2.24. The highest BCUT2D eigenvalue weighted by Crippen LogP contribution is 2.25. The van der Waals surface area contributed by atoms with Gasteiger partial charge in [0.2, 0.25) is 0 Å². The predicted molar refractivity (Wildman–Crippen MR) is 98.0 cm³/mol. The van der Waals surface area contributed by atoms with Gasteiger partial charge >= 0.3 is 0 Å². The summed E-state index contributed by atoms with van der Waals surface area (Å²) in [7, 11) is 0. The van der Waals surface area contributed by atoms with Crippen molar-refractivity contribution in [3.63, 3.8) is 0 Å². The molecule has 26 heavy (non-hydrogen) atoms. The van der Waals surface area contributed by atoms with Crippen LogP contribution in [0, 0.1) is 11.6 Å². The highest BCUT2D eigenvalue weighted by Gasteiger charge is 2.14. The summed E-state index contributed by atoms with van der Waals surface area (Å²) in [6.07, 6.45) is 9.14. The summed E-state index contributed by atoms with van der Waals surface area (Å²) in [6, 6.07) is 3.50. The van der Waals surface area contributed by atoms with Crippen LogP contribution in [-0.2, 0) is 0 Å². The second kappa shape index (κ2) is 7.26. The van der Waals surface area contributed by atoms with Gasteiger partial charge < -0.3 is 5.32 Å². The van der Waals surface area contributed by atoms with Gasteiger partial charge in [-0.25, -0.2) is 18.3 Å². The van der Waals surface area contributed by atoms with Crippen LogP contribution in [-0.4, -0.2) is 19.6 Å². The molecule has 0 saturated carbocycles. The van der Waals surface area contributed by atoms with Crippen molar-refractivity contribution >= 4 is 22.6 Å². The number of nitrogens with zero attached hydrogens (tertiary/aromatic N) is 4. The number of nitrogens with one attached hydrogen (secondary N) is 1. The maximum absolute atomic E-state index is 13.9. The van der Waals surface area contributed by atoms with Gasteiger partial charge in [0.1, 0.15) is 11.2 Å². The van der Waals surface area contributed by atoms with Crippen LogP contribution in [0.3, 0.4) is 0 Å². The molecule has 0 unspecified atom stereocenters. The minimum absolute atomic E-state index is 0.265. The summed E-state index contributed by atoms with van der Waals surface area (Å²) in [4.78, 5) is 7.86. The Bertz CT molecular complexity index is 1010. The van der Waals surface area contributed by atoms with E-state index in [1.54, 1.807) is 28.9 Å². The molecule has 0 aliphatic heterocycles. The zero-order chi connectivity index (χ0) is 18.7. The van der Waals surface area contributed by atoms with E-state index in [9.17, 15) is 8.78 Å². The number of rotatable bonds is 5. The Morgan fingerprint density at radius 1 is 1.23 bits per heavy atom. The maximum atomic E-state index is 13.9. The summed E-state index contributed by atoms with van der Waals surface area (Å²) >= 11 is 0. The number of pyridine rings is 1. The minimum Gasteiger partial charge on any atom is -0.333 e. The van der Waals surface area contributed by atoms with Gasteiger partial charge in [0, 0.05) is 11.8 Å².